The molecular formula is C9H15N5O3. The van der Waals surface area contributed by atoms with Crippen LogP contribution in [-0.4, -0.2) is 45.7 Å². The van der Waals surface area contributed by atoms with Crippen LogP contribution in [0.25, 0.3) is 0 Å². The zero-order valence-electron chi connectivity index (χ0n) is 10.1. The fourth-order valence-corrected chi connectivity index (χ4v) is 1.28. The van der Waals surface area contributed by atoms with Crippen LogP contribution in [0.3, 0.4) is 0 Å². The number of carbonyl (C=O) groups is 1. The molecule has 1 aromatic heterocycles. The fraction of sp³-hybridized carbons (Fsp3) is 0.556. The number of hydrogen-bond acceptors (Lipinski definition) is 6. The molecule has 0 aliphatic carbocycles. The van der Waals surface area contributed by atoms with E-state index in [0.717, 1.165) is 0 Å². The molecule has 8 heteroatoms. The molecule has 1 amide bonds. The number of oxime groups is 1. The Balaban J connectivity index is 3.12. The second-order valence-corrected chi connectivity index (χ2v) is 3.76. The Hall–Kier alpha value is -2.12. The van der Waals surface area contributed by atoms with Crippen LogP contribution in [0, 0.1) is 0 Å². The summed E-state index contributed by atoms with van der Waals surface area (Å²) in [5.41, 5.74) is -1.02. The van der Waals surface area contributed by atoms with Gasteiger partial charge in [-0.2, -0.15) is 4.98 Å². The van der Waals surface area contributed by atoms with Gasteiger partial charge < -0.3 is 15.3 Å². The first-order valence-electron chi connectivity index (χ1n) is 4.88. The van der Waals surface area contributed by atoms with Gasteiger partial charge in [0, 0.05) is 7.05 Å². The van der Waals surface area contributed by atoms with Crippen LogP contribution in [0.2, 0.25) is 0 Å². The minimum Gasteiger partial charge on any atom is -0.466 e. The normalized spacial score (nSPS) is 12.4. The van der Waals surface area contributed by atoms with Crippen molar-refractivity contribution in [3.63, 3.8) is 0 Å². The maximum absolute atomic E-state index is 11.5. The molecule has 0 atom stereocenters. The van der Waals surface area contributed by atoms with Crippen molar-refractivity contribution in [2.45, 2.75) is 19.4 Å². The Kier molecular flexibility index (Phi) is 3.66. The summed E-state index contributed by atoms with van der Waals surface area (Å²) < 4.78 is 6.23. The quantitative estimate of drug-likeness (QED) is 0.424. The Bertz CT molecular complexity index is 438. The molecule has 0 fully saturated rings. The summed E-state index contributed by atoms with van der Waals surface area (Å²) in [6.45, 7) is 3.34. The summed E-state index contributed by atoms with van der Waals surface area (Å²) >= 11 is 0. The number of amides is 1. The van der Waals surface area contributed by atoms with E-state index in [2.05, 4.69) is 20.6 Å². The van der Waals surface area contributed by atoms with E-state index in [1.54, 1.807) is 13.8 Å². The van der Waals surface area contributed by atoms with Gasteiger partial charge in [-0.1, -0.05) is 5.16 Å². The van der Waals surface area contributed by atoms with E-state index in [0.29, 0.717) is 0 Å². The van der Waals surface area contributed by atoms with E-state index < -0.39 is 11.4 Å². The highest BCUT2D eigenvalue weighted by atomic mass is 16.5. The van der Waals surface area contributed by atoms with Crippen LogP contribution in [0.15, 0.2) is 11.5 Å². The van der Waals surface area contributed by atoms with Gasteiger partial charge in [0.25, 0.3) is 5.91 Å². The van der Waals surface area contributed by atoms with Crippen LogP contribution in [0.1, 0.15) is 13.8 Å². The third-order valence-electron chi connectivity index (χ3n) is 2.35. The average molecular weight is 241 g/mol. The smallest absolute Gasteiger partial charge is 0.335 e. The molecule has 17 heavy (non-hydrogen) atoms. The number of nitrogens with zero attached hydrogens (tertiary/aromatic N) is 4. The molecule has 1 heterocycles. The average Bonchev–Trinajstić information content (AvgIpc) is 2.78. The molecule has 0 saturated carbocycles. The predicted octanol–water partition coefficient (Wildman–Crippen LogP) is -0.402. The number of hydrogen-bond donors (Lipinski definition) is 2. The first-order chi connectivity index (χ1) is 7.97. The molecule has 1 aromatic rings. The van der Waals surface area contributed by atoms with Crippen molar-refractivity contribution in [2.24, 2.45) is 5.16 Å². The zero-order valence-corrected chi connectivity index (χ0v) is 10.1. The van der Waals surface area contributed by atoms with E-state index in [1.165, 1.54) is 25.2 Å². The monoisotopic (exact) mass is 241 g/mol. The molecule has 0 bridgehead atoms. The van der Waals surface area contributed by atoms with Crippen molar-refractivity contribution in [3.8, 4) is 6.01 Å². The summed E-state index contributed by atoms with van der Waals surface area (Å²) in [5, 5.41) is 18.3. The lowest BCUT2D eigenvalue weighted by Crippen LogP contribution is -2.45. The van der Waals surface area contributed by atoms with Crippen LogP contribution in [0.4, 0.5) is 0 Å². The summed E-state index contributed by atoms with van der Waals surface area (Å²) in [6, 6.07) is 0.173. The van der Waals surface area contributed by atoms with Crippen molar-refractivity contribution in [1.82, 2.24) is 20.1 Å². The topological polar surface area (TPSA) is 102 Å². The van der Waals surface area contributed by atoms with E-state index in [4.69, 9.17) is 9.94 Å². The second kappa shape index (κ2) is 4.81. The maximum atomic E-state index is 11.5. The molecule has 0 saturated heterocycles. The molecule has 2 N–H and O–H groups in total. The van der Waals surface area contributed by atoms with Gasteiger partial charge in [0.2, 0.25) is 0 Å². The molecule has 0 spiro atoms. The first-order valence-corrected chi connectivity index (χ1v) is 4.88. The standard InChI is InChI=1S/C9H15N5O3/c1-9(2,6(13-16)7(15)10-3)14-5-11-8(12-14)17-4/h5,16H,1-4H3,(H,10,15). The van der Waals surface area contributed by atoms with Gasteiger partial charge in [0.15, 0.2) is 5.71 Å². The van der Waals surface area contributed by atoms with E-state index in [-0.39, 0.29) is 11.7 Å². The third kappa shape index (κ3) is 2.35. The number of rotatable bonds is 4. The van der Waals surface area contributed by atoms with Crippen LogP contribution < -0.4 is 10.1 Å². The zero-order chi connectivity index (χ0) is 13.1. The van der Waals surface area contributed by atoms with Gasteiger partial charge in [0.1, 0.15) is 11.9 Å². The largest absolute Gasteiger partial charge is 0.466 e. The molecule has 0 aromatic carbocycles. The number of nitrogens with one attached hydrogen (secondary N) is 1. The number of aromatic nitrogens is 3. The van der Waals surface area contributed by atoms with Crippen molar-refractivity contribution in [1.29, 1.82) is 0 Å². The van der Waals surface area contributed by atoms with E-state index in [1.807, 2.05) is 0 Å². The maximum Gasteiger partial charge on any atom is 0.335 e. The van der Waals surface area contributed by atoms with Crippen LogP contribution >= 0.6 is 0 Å². The predicted molar refractivity (Wildman–Crippen MR) is 59.2 cm³/mol. The van der Waals surface area contributed by atoms with Gasteiger partial charge in [-0.15, -0.1) is 5.10 Å². The summed E-state index contributed by atoms with van der Waals surface area (Å²) in [4.78, 5) is 15.4. The van der Waals surface area contributed by atoms with E-state index in [9.17, 15) is 4.79 Å². The molecule has 94 valence electrons. The summed E-state index contributed by atoms with van der Waals surface area (Å²) in [6.07, 6.45) is 1.40. The lowest BCUT2D eigenvalue weighted by Gasteiger charge is -2.24. The van der Waals surface area contributed by atoms with Crippen molar-refractivity contribution in [3.05, 3.63) is 6.33 Å². The van der Waals surface area contributed by atoms with Crippen LogP contribution in [-0.2, 0) is 10.3 Å². The van der Waals surface area contributed by atoms with Gasteiger partial charge in [-0.05, 0) is 13.8 Å². The number of ether oxygens (including phenoxy) is 1. The molecule has 0 aliphatic rings. The Morgan fingerprint density at radius 3 is 2.71 bits per heavy atom. The first kappa shape index (κ1) is 12.9. The fourth-order valence-electron chi connectivity index (χ4n) is 1.28. The Morgan fingerprint density at radius 1 is 1.65 bits per heavy atom. The lowest BCUT2D eigenvalue weighted by atomic mass is 9.98. The van der Waals surface area contributed by atoms with Crippen molar-refractivity contribution in [2.75, 3.05) is 14.2 Å². The number of methoxy groups -OCH3 is 1. The van der Waals surface area contributed by atoms with Crippen molar-refractivity contribution >= 4 is 11.6 Å². The molecule has 1 rings (SSSR count). The van der Waals surface area contributed by atoms with Gasteiger partial charge in [0.05, 0.1) is 7.11 Å². The lowest BCUT2D eigenvalue weighted by molar-refractivity contribution is -0.114. The third-order valence-corrected chi connectivity index (χ3v) is 2.35. The molecule has 0 radical (unpaired) electrons. The molecule has 8 nitrogen and oxygen atoms in total. The second-order valence-electron chi connectivity index (χ2n) is 3.76. The minimum absolute atomic E-state index is 0.0763. The number of carbonyl (C=O) groups excluding carboxylic acids is 1. The molecule has 0 unspecified atom stereocenters. The van der Waals surface area contributed by atoms with E-state index >= 15 is 0 Å². The van der Waals surface area contributed by atoms with Crippen molar-refractivity contribution < 1.29 is 14.7 Å². The summed E-state index contributed by atoms with van der Waals surface area (Å²) in [5.74, 6) is -0.494. The van der Waals surface area contributed by atoms with Gasteiger partial charge in [-0.25, -0.2) is 4.68 Å². The highest BCUT2D eigenvalue weighted by Crippen LogP contribution is 2.17. The Morgan fingerprint density at radius 2 is 2.29 bits per heavy atom. The Labute approximate surface area is 98.3 Å². The molecular weight excluding hydrogens is 226 g/mol. The minimum atomic E-state index is -0.946. The highest BCUT2D eigenvalue weighted by molar-refractivity contribution is 6.41. The van der Waals surface area contributed by atoms with Crippen LogP contribution in [0.5, 0.6) is 6.01 Å². The summed E-state index contributed by atoms with van der Waals surface area (Å²) in [7, 11) is 2.89. The van der Waals surface area contributed by atoms with Gasteiger partial charge >= 0.3 is 6.01 Å². The SMILES string of the molecule is CNC(=O)C(=NO)C(C)(C)n1cnc(OC)n1. The van der Waals surface area contributed by atoms with Gasteiger partial charge in [-0.3, -0.25) is 4.79 Å². The highest BCUT2D eigenvalue weighted by Gasteiger charge is 2.34. The molecule has 0 aliphatic heterocycles.